The molecule has 172 valence electrons. The van der Waals surface area contributed by atoms with Crippen molar-refractivity contribution >= 4 is 23.3 Å². The second-order valence-corrected chi connectivity index (χ2v) is 10.8. The van der Waals surface area contributed by atoms with E-state index in [0.717, 1.165) is 25.0 Å². The second kappa shape index (κ2) is 9.14. The third-order valence-corrected chi connectivity index (χ3v) is 6.88. The largest absolute Gasteiger partial charge is 0.491 e. The number of thiophene rings is 1. The average Bonchev–Trinajstić information content (AvgIpc) is 3.45. The fourth-order valence-corrected chi connectivity index (χ4v) is 4.99. The van der Waals surface area contributed by atoms with Crippen molar-refractivity contribution in [3.05, 3.63) is 51.7 Å². The molecule has 1 aromatic carbocycles. The summed E-state index contributed by atoms with van der Waals surface area (Å²) in [5, 5.41) is 5.10. The lowest BCUT2D eigenvalue weighted by molar-refractivity contribution is -0.135. The van der Waals surface area contributed by atoms with Crippen molar-refractivity contribution in [2.24, 2.45) is 0 Å². The Hall–Kier alpha value is -2.54. The maximum Gasteiger partial charge on any atom is 0.318 e. The molecular formula is C25H33N3O3S. The van der Waals surface area contributed by atoms with E-state index in [0.29, 0.717) is 13.2 Å². The molecule has 3 amide bonds. The predicted molar refractivity (Wildman–Crippen MR) is 127 cm³/mol. The van der Waals surface area contributed by atoms with E-state index in [-0.39, 0.29) is 36.1 Å². The van der Waals surface area contributed by atoms with Gasteiger partial charge in [-0.3, -0.25) is 4.79 Å². The van der Waals surface area contributed by atoms with Crippen LogP contribution in [0.25, 0.3) is 0 Å². The van der Waals surface area contributed by atoms with E-state index >= 15 is 0 Å². The van der Waals surface area contributed by atoms with Gasteiger partial charge in [0.15, 0.2) is 0 Å². The van der Waals surface area contributed by atoms with E-state index in [1.165, 1.54) is 16.0 Å². The van der Waals surface area contributed by atoms with Crippen molar-refractivity contribution in [3.8, 4) is 5.75 Å². The standard InChI is InChI=1S/C25H33N3O3S/c1-17-5-9-19(10-6-17)31-16-21-20-12-14-32-22(20)11-13-27(21)23(29)15-28(18-7-8-18)24(30)26-25(2,3)4/h5-6,9-10,12,14,18,21H,7-8,11,13,15-16H2,1-4H3,(H,26,30)/t21-/m1/s1. The number of nitrogens with zero attached hydrogens (tertiary/aromatic N) is 2. The third kappa shape index (κ3) is 5.44. The Bertz CT molecular complexity index is 960. The number of amides is 3. The van der Waals surface area contributed by atoms with Gasteiger partial charge in [0, 0.05) is 23.0 Å². The number of aryl methyl sites for hydroxylation is 1. The monoisotopic (exact) mass is 455 g/mol. The second-order valence-electron chi connectivity index (χ2n) is 9.82. The molecule has 1 fully saturated rings. The molecule has 0 saturated heterocycles. The van der Waals surface area contributed by atoms with Gasteiger partial charge in [-0.1, -0.05) is 17.7 Å². The van der Waals surface area contributed by atoms with Gasteiger partial charge in [-0.15, -0.1) is 11.3 Å². The van der Waals surface area contributed by atoms with Gasteiger partial charge < -0.3 is 19.9 Å². The predicted octanol–water partition coefficient (Wildman–Crippen LogP) is 4.53. The number of benzene rings is 1. The van der Waals surface area contributed by atoms with Crippen LogP contribution < -0.4 is 10.1 Å². The number of nitrogens with one attached hydrogen (secondary N) is 1. The molecule has 1 aliphatic carbocycles. The van der Waals surface area contributed by atoms with E-state index in [9.17, 15) is 9.59 Å². The molecule has 2 heterocycles. The van der Waals surface area contributed by atoms with Crippen LogP contribution in [-0.4, -0.2) is 53.0 Å². The number of hydrogen-bond donors (Lipinski definition) is 1. The molecule has 4 rings (SSSR count). The van der Waals surface area contributed by atoms with Gasteiger partial charge in [0.1, 0.15) is 18.9 Å². The first-order chi connectivity index (χ1) is 15.2. The smallest absolute Gasteiger partial charge is 0.318 e. The molecule has 0 radical (unpaired) electrons. The first-order valence-electron chi connectivity index (χ1n) is 11.4. The van der Waals surface area contributed by atoms with Crippen molar-refractivity contribution < 1.29 is 14.3 Å². The highest BCUT2D eigenvalue weighted by atomic mass is 32.1. The lowest BCUT2D eigenvalue weighted by atomic mass is 10.0. The fourth-order valence-electron chi connectivity index (χ4n) is 4.07. The quantitative estimate of drug-likeness (QED) is 0.696. The van der Waals surface area contributed by atoms with Crippen LogP contribution in [0, 0.1) is 6.92 Å². The molecule has 2 aliphatic rings. The van der Waals surface area contributed by atoms with Crippen LogP contribution in [-0.2, 0) is 11.2 Å². The summed E-state index contributed by atoms with van der Waals surface area (Å²) in [6.07, 6.45) is 2.76. The number of urea groups is 1. The molecule has 1 aromatic heterocycles. The molecule has 0 spiro atoms. The first kappa shape index (κ1) is 22.6. The van der Waals surface area contributed by atoms with E-state index in [1.807, 2.05) is 56.9 Å². The normalized spacial score (nSPS) is 18.1. The number of carbonyl (C=O) groups excluding carboxylic acids is 2. The third-order valence-electron chi connectivity index (χ3n) is 5.88. The zero-order valence-corrected chi connectivity index (χ0v) is 20.2. The Morgan fingerprint density at radius 2 is 1.91 bits per heavy atom. The van der Waals surface area contributed by atoms with Crippen LogP contribution in [0.2, 0.25) is 0 Å². The maximum absolute atomic E-state index is 13.5. The Balaban J connectivity index is 1.48. The number of hydrogen-bond acceptors (Lipinski definition) is 4. The average molecular weight is 456 g/mol. The van der Waals surface area contributed by atoms with Gasteiger partial charge in [0.2, 0.25) is 5.91 Å². The van der Waals surface area contributed by atoms with E-state index in [1.54, 1.807) is 16.2 Å². The van der Waals surface area contributed by atoms with Crippen LogP contribution in [0.4, 0.5) is 4.79 Å². The number of ether oxygens (including phenoxy) is 1. The van der Waals surface area contributed by atoms with Gasteiger partial charge >= 0.3 is 6.03 Å². The minimum absolute atomic E-state index is 0.0182. The van der Waals surface area contributed by atoms with Crippen molar-refractivity contribution in [2.75, 3.05) is 19.7 Å². The summed E-state index contributed by atoms with van der Waals surface area (Å²) in [5.41, 5.74) is 2.01. The fraction of sp³-hybridized carbons (Fsp3) is 0.520. The Kier molecular flexibility index (Phi) is 6.47. The minimum atomic E-state index is -0.339. The molecule has 7 heteroatoms. The summed E-state index contributed by atoms with van der Waals surface area (Å²) in [6, 6.07) is 9.93. The molecule has 0 bridgehead atoms. The SMILES string of the molecule is Cc1ccc(OC[C@@H]2c3ccsc3CCN2C(=O)CN(C(=O)NC(C)(C)C)C2CC2)cc1. The Morgan fingerprint density at radius 1 is 1.19 bits per heavy atom. The molecule has 6 nitrogen and oxygen atoms in total. The lowest BCUT2D eigenvalue weighted by Crippen LogP contribution is -2.53. The van der Waals surface area contributed by atoms with E-state index < -0.39 is 0 Å². The molecule has 0 unspecified atom stereocenters. The molecule has 2 aromatic rings. The minimum Gasteiger partial charge on any atom is -0.491 e. The molecule has 1 N–H and O–H groups in total. The number of rotatable bonds is 6. The van der Waals surface area contributed by atoms with Crippen LogP contribution in [0.15, 0.2) is 35.7 Å². The summed E-state index contributed by atoms with van der Waals surface area (Å²) in [5.74, 6) is 0.782. The summed E-state index contributed by atoms with van der Waals surface area (Å²) in [6.45, 7) is 9.07. The molecule has 1 saturated carbocycles. The van der Waals surface area contributed by atoms with E-state index in [4.69, 9.17) is 4.74 Å². The van der Waals surface area contributed by atoms with Crippen molar-refractivity contribution in [2.45, 2.75) is 64.6 Å². The van der Waals surface area contributed by atoms with Crippen molar-refractivity contribution in [3.63, 3.8) is 0 Å². The van der Waals surface area contributed by atoms with Crippen LogP contribution >= 0.6 is 11.3 Å². The van der Waals surface area contributed by atoms with Crippen LogP contribution in [0.3, 0.4) is 0 Å². The summed E-state index contributed by atoms with van der Waals surface area (Å²) < 4.78 is 6.10. The van der Waals surface area contributed by atoms with Crippen LogP contribution in [0.1, 0.15) is 55.7 Å². The van der Waals surface area contributed by atoms with Crippen LogP contribution in [0.5, 0.6) is 5.75 Å². The number of carbonyl (C=O) groups is 2. The van der Waals surface area contributed by atoms with Gasteiger partial charge in [-0.05, 0) is 76.1 Å². The van der Waals surface area contributed by atoms with Gasteiger partial charge in [0.25, 0.3) is 0 Å². The van der Waals surface area contributed by atoms with Crippen molar-refractivity contribution in [1.29, 1.82) is 0 Å². The summed E-state index contributed by atoms with van der Waals surface area (Å²) >= 11 is 1.74. The zero-order valence-electron chi connectivity index (χ0n) is 19.4. The molecule has 1 aliphatic heterocycles. The molecule has 32 heavy (non-hydrogen) atoms. The van der Waals surface area contributed by atoms with E-state index in [2.05, 4.69) is 16.8 Å². The van der Waals surface area contributed by atoms with Gasteiger partial charge in [-0.25, -0.2) is 4.79 Å². The Labute approximate surface area is 194 Å². The highest BCUT2D eigenvalue weighted by Gasteiger charge is 2.38. The zero-order chi connectivity index (χ0) is 22.9. The molecular weight excluding hydrogens is 422 g/mol. The highest BCUT2D eigenvalue weighted by Crippen LogP contribution is 2.35. The Morgan fingerprint density at radius 3 is 2.56 bits per heavy atom. The van der Waals surface area contributed by atoms with Gasteiger partial charge in [0.05, 0.1) is 6.04 Å². The van der Waals surface area contributed by atoms with Crippen molar-refractivity contribution in [1.82, 2.24) is 15.1 Å². The lowest BCUT2D eigenvalue weighted by Gasteiger charge is -2.37. The maximum atomic E-state index is 13.5. The number of fused-ring (bicyclic) bond motifs is 1. The summed E-state index contributed by atoms with van der Waals surface area (Å²) in [7, 11) is 0. The molecule has 1 atom stereocenters. The first-order valence-corrected chi connectivity index (χ1v) is 12.2. The summed E-state index contributed by atoms with van der Waals surface area (Å²) in [4.78, 5) is 31.3. The highest BCUT2D eigenvalue weighted by molar-refractivity contribution is 7.10. The topological polar surface area (TPSA) is 61.9 Å². The van der Waals surface area contributed by atoms with Gasteiger partial charge in [-0.2, -0.15) is 0 Å².